The summed E-state index contributed by atoms with van der Waals surface area (Å²) in [6.45, 7) is 6.37. The summed E-state index contributed by atoms with van der Waals surface area (Å²) in [5.41, 5.74) is 1.14. The molecule has 0 bridgehead atoms. The Balaban J connectivity index is 1.88. The molecule has 1 heterocycles. The van der Waals surface area contributed by atoms with E-state index in [1.165, 1.54) is 11.8 Å². The summed E-state index contributed by atoms with van der Waals surface area (Å²) < 4.78 is 49.4. The normalized spacial score (nSPS) is 17.0. The van der Waals surface area contributed by atoms with Crippen molar-refractivity contribution in [1.82, 2.24) is 15.1 Å². The average Bonchev–Trinajstić information content (AvgIpc) is 2.74. The Labute approximate surface area is 177 Å². The van der Waals surface area contributed by atoms with Gasteiger partial charge in [-0.05, 0) is 44.4 Å². The zero-order valence-corrected chi connectivity index (χ0v) is 18.3. The molecule has 1 aliphatic heterocycles. The van der Waals surface area contributed by atoms with E-state index in [1.54, 1.807) is 14.2 Å². The maximum atomic E-state index is 12.9. The van der Waals surface area contributed by atoms with Gasteiger partial charge < -0.3 is 19.7 Å². The lowest BCUT2D eigenvalue weighted by atomic mass is 10.1. The summed E-state index contributed by atoms with van der Waals surface area (Å²) in [5.74, 6) is 2.18. The zero-order valence-electron chi connectivity index (χ0n) is 18.3. The Morgan fingerprint density at radius 3 is 2.37 bits per heavy atom. The number of aryl methyl sites for hydroxylation is 1. The monoisotopic (exact) mass is 430 g/mol. The van der Waals surface area contributed by atoms with E-state index in [4.69, 9.17) is 9.47 Å². The molecule has 0 spiro atoms. The minimum Gasteiger partial charge on any atom is -0.493 e. The van der Waals surface area contributed by atoms with Crippen LogP contribution in [0.25, 0.3) is 0 Å². The van der Waals surface area contributed by atoms with Crippen molar-refractivity contribution in [1.29, 1.82) is 0 Å². The van der Waals surface area contributed by atoms with Gasteiger partial charge in [0.1, 0.15) is 6.04 Å². The maximum absolute atomic E-state index is 12.9. The van der Waals surface area contributed by atoms with Crippen molar-refractivity contribution in [3.05, 3.63) is 23.8 Å². The van der Waals surface area contributed by atoms with Crippen molar-refractivity contribution in [3.8, 4) is 11.5 Å². The van der Waals surface area contributed by atoms with Gasteiger partial charge in [-0.15, -0.1) is 0 Å². The van der Waals surface area contributed by atoms with Crippen molar-refractivity contribution >= 4 is 5.96 Å². The molecule has 1 unspecified atom stereocenters. The van der Waals surface area contributed by atoms with E-state index in [0.29, 0.717) is 50.8 Å². The van der Waals surface area contributed by atoms with Gasteiger partial charge in [0.2, 0.25) is 0 Å². The van der Waals surface area contributed by atoms with E-state index in [1.807, 2.05) is 30.0 Å². The second-order valence-corrected chi connectivity index (χ2v) is 7.27. The first kappa shape index (κ1) is 24.1. The van der Waals surface area contributed by atoms with Crippen LogP contribution in [0.1, 0.15) is 25.8 Å². The van der Waals surface area contributed by atoms with Gasteiger partial charge in [0.05, 0.1) is 14.2 Å². The first-order chi connectivity index (χ1) is 14.3. The minimum absolute atomic E-state index is 0.372. The predicted molar refractivity (Wildman–Crippen MR) is 113 cm³/mol. The second-order valence-electron chi connectivity index (χ2n) is 7.27. The lowest BCUT2D eigenvalue weighted by Gasteiger charge is -2.39. The summed E-state index contributed by atoms with van der Waals surface area (Å²) in [6, 6.07) is 4.45. The summed E-state index contributed by atoms with van der Waals surface area (Å²) in [5, 5.41) is 3.26. The largest absolute Gasteiger partial charge is 0.493 e. The van der Waals surface area contributed by atoms with Gasteiger partial charge >= 0.3 is 6.18 Å². The lowest BCUT2D eigenvalue weighted by molar-refractivity contribution is -0.181. The number of hydrogen-bond donors (Lipinski definition) is 1. The number of hydrogen-bond acceptors (Lipinski definition) is 4. The van der Waals surface area contributed by atoms with Crippen LogP contribution in [0.5, 0.6) is 11.5 Å². The highest BCUT2D eigenvalue weighted by atomic mass is 19.4. The van der Waals surface area contributed by atoms with Crippen LogP contribution >= 0.6 is 0 Å². The molecular formula is C21H33F3N4O2. The van der Waals surface area contributed by atoms with Gasteiger partial charge in [0, 0.05) is 39.3 Å². The summed E-state index contributed by atoms with van der Waals surface area (Å²) in [6.07, 6.45) is -2.49. The number of rotatable bonds is 8. The van der Waals surface area contributed by atoms with E-state index in [9.17, 15) is 13.2 Å². The molecule has 0 amide bonds. The van der Waals surface area contributed by atoms with Crippen LogP contribution in [0.15, 0.2) is 23.2 Å². The summed E-state index contributed by atoms with van der Waals surface area (Å²) in [7, 11) is 3.22. The van der Waals surface area contributed by atoms with E-state index >= 15 is 0 Å². The number of methoxy groups -OCH3 is 2. The maximum Gasteiger partial charge on any atom is 0.403 e. The molecule has 30 heavy (non-hydrogen) atoms. The SMILES string of the molecule is CCNC(=NCCCc1ccc(OC)c(OC)c1)N1CCN(C(C)C(F)(F)F)CC1. The fraction of sp³-hybridized carbons (Fsp3) is 0.667. The highest BCUT2D eigenvalue weighted by Gasteiger charge is 2.41. The van der Waals surface area contributed by atoms with E-state index in [-0.39, 0.29) is 0 Å². The number of nitrogens with zero attached hydrogens (tertiary/aromatic N) is 3. The quantitative estimate of drug-likeness (QED) is 0.390. The zero-order chi connectivity index (χ0) is 22.1. The standard InChI is InChI=1S/C21H33F3N4O2/c1-5-25-20(28-13-11-27(12-14-28)16(2)21(22,23)24)26-10-6-7-17-8-9-18(29-3)19(15-17)30-4/h8-9,15-16H,5-7,10-14H2,1-4H3,(H,25,26). The molecule has 1 atom stereocenters. The van der Waals surface area contributed by atoms with Crippen LogP contribution in [-0.4, -0.2) is 81.5 Å². The molecule has 170 valence electrons. The minimum atomic E-state index is -4.19. The number of benzene rings is 1. The van der Waals surface area contributed by atoms with Crippen LogP contribution in [0.2, 0.25) is 0 Å². The molecule has 2 rings (SSSR count). The fourth-order valence-electron chi connectivity index (χ4n) is 3.46. The molecule has 1 fully saturated rings. The summed E-state index contributed by atoms with van der Waals surface area (Å²) >= 11 is 0. The van der Waals surface area contributed by atoms with Crippen LogP contribution in [-0.2, 0) is 6.42 Å². The Kier molecular flexibility index (Phi) is 9.08. The average molecular weight is 431 g/mol. The van der Waals surface area contributed by atoms with Crippen molar-refractivity contribution in [2.75, 3.05) is 53.5 Å². The smallest absolute Gasteiger partial charge is 0.403 e. The molecule has 0 saturated carbocycles. The van der Waals surface area contributed by atoms with Crippen LogP contribution in [0.4, 0.5) is 13.2 Å². The fourth-order valence-corrected chi connectivity index (χ4v) is 3.46. The first-order valence-corrected chi connectivity index (χ1v) is 10.3. The molecule has 6 nitrogen and oxygen atoms in total. The Hall–Kier alpha value is -2.16. The molecule has 0 aliphatic carbocycles. The summed E-state index contributed by atoms with van der Waals surface area (Å²) in [4.78, 5) is 8.21. The molecular weight excluding hydrogens is 397 g/mol. The number of aliphatic imine (C=N–C) groups is 1. The van der Waals surface area contributed by atoms with Gasteiger partial charge in [-0.25, -0.2) is 0 Å². The van der Waals surface area contributed by atoms with Gasteiger partial charge in [-0.3, -0.25) is 9.89 Å². The third-order valence-electron chi connectivity index (χ3n) is 5.30. The van der Waals surface area contributed by atoms with Gasteiger partial charge in [-0.1, -0.05) is 6.07 Å². The number of alkyl halides is 3. The molecule has 1 N–H and O–H groups in total. The van der Waals surface area contributed by atoms with Gasteiger partial charge in [-0.2, -0.15) is 13.2 Å². The first-order valence-electron chi connectivity index (χ1n) is 10.3. The Bertz CT molecular complexity index is 689. The van der Waals surface area contributed by atoms with Crippen molar-refractivity contribution in [2.24, 2.45) is 4.99 Å². The highest BCUT2D eigenvalue weighted by Crippen LogP contribution is 2.28. The van der Waals surface area contributed by atoms with Crippen LogP contribution in [0, 0.1) is 0 Å². The molecule has 9 heteroatoms. The highest BCUT2D eigenvalue weighted by molar-refractivity contribution is 5.80. The molecule has 1 aromatic rings. The number of nitrogens with one attached hydrogen (secondary N) is 1. The second kappa shape index (κ2) is 11.3. The Morgan fingerprint density at radius 2 is 1.80 bits per heavy atom. The molecule has 0 radical (unpaired) electrons. The van der Waals surface area contributed by atoms with Crippen molar-refractivity contribution in [3.63, 3.8) is 0 Å². The van der Waals surface area contributed by atoms with E-state index in [0.717, 1.165) is 24.4 Å². The van der Waals surface area contributed by atoms with Crippen LogP contribution in [0.3, 0.4) is 0 Å². The Morgan fingerprint density at radius 1 is 1.13 bits per heavy atom. The van der Waals surface area contributed by atoms with Gasteiger partial charge in [0.15, 0.2) is 17.5 Å². The van der Waals surface area contributed by atoms with E-state index < -0.39 is 12.2 Å². The molecule has 1 aromatic carbocycles. The number of ether oxygens (including phenoxy) is 2. The lowest BCUT2D eigenvalue weighted by Crippen LogP contribution is -2.56. The van der Waals surface area contributed by atoms with Crippen molar-refractivity contribution < 1.29 is 22.6 Å². The number of guanidine groups is 1. The third-order valence-corrected chi connectivity index (χ3v) is 5.30. The topological polar surface area (TPSA) is 49.3 Å². The predicted octanol–water partition coefficient (Wildman–Crippen LogP) is 3.17. The van der Waals surface area contributed by atoms with Crippen LogP contribution < -0.4 is 14.8 Å². The molecule has 1 aliphatic rings. The van der Waals surface area contributed by atoms with Crippen molar-refractivity contribution in [2.45, 2.75) is 38.9 Å². The number of halogens is 3. The van der Waals surface area contributed by atoms with Gasteiger partial charge in [0.25, 0.3) is 0 Å². The van der Waals surface area contributed by atoms with E-state index in [2.05, 4.69) is 10.3 Å². The number of piperazine rings is 1. The molecule has 0 aromatic heterocycles. The molecule has 1 saturated heterocycles. The third kappa shape index (κ3) is 6.68.